The zero-order valence-corrected chi connectivity index (χ0v) is 8.73. The van der Waals surface area contributed by atoms with Gasteiger partial charge in [0.15, 0.2) is 0 Å². The lowest BCUT2D eigenvalue weighted by atomic mass is 10.4. The number of rotatable bonds is 7. The Labute approximate surface area is 77.1 Å². The van der Waals surface area contributed by atoms with Gasteiger partial charge < -0.3 is 10.5 Å². The van der Waals surface area contributed by atoms with Gasteiger partial charge in [0.2, 0.25) is 0 Å². The second-order valence-corrected chi connectivity index (χ2v) is 4.81. The minimum Gasteiger partial charge on any atom is -0.385 e. The third kappa shape index (κ3) is 5.69. The van der Waals surface area contributed by atoms with Crippen molar-refractivity contribution in [2.45, 2.75) is 25.0 Å². The van der Waals surface area contributed by atoms with Crippen molar-refractivity contribution in [1.82, 2.24) is 0 Å². The van der Waals surface area contributed by atoms with Crippen molar-refractivity contribution >= 4 is 10.8 Å². The molecule has 2 unspecified atom stereocenters. The zero-order chi connectivity index (χ0) is 9.40. The highest BCUT2D eigenvalue weighted by atomic mass is 32.2. The second kappa shape index (κ2) is 7.71. The van der Waals surface area contributed by atoms with E-state index < -0.39 is 10.8 Å². The molecule has 0 aromatic heterocycles. The second-order valence-electron chi connectivity index (χ2n) is 2.83. The topological polar surface area (TPSA) is 52.3 Å². The van der Waals surface area contributed by atoms with E-state index in [1.807, 2.05) is 6.92 Å². The van der Waals surface area contributed by atoms with E-state index in [1.54, 1.807) is 7.11 Å². The molecule has 0 radical (unpaired) electrons. The molecule has 0 amide bonds. The van der Waals surface area contributed by atoms with Gasteiger partial charge in [0, 0.05) is 42.1 Å². The van der Waals surface area contributed by atoms with E-state index in [2.05, 4.69) is 0 Å². The fraction of sp³-hybridized carbons (Fsp3) is 1.00. The van der Waals surface area contributed by atoms with Crippen LogP contribution in [0.15, 0.2) is 0 Å². The van der Waals surface area contributed by atoms with E-state index in [0.29, 0.717) is 6.54 Å². The molecule has 0 heterocycles. The van der Waals surface area contributed by atoms with Crippen LogP contribution in [0.2, 0.25) is 0 Å². The van der Waals surface area contributed by atoms with E-state index in [9.17, 15) is 4.21 Å². The van der Waals surface area contributed by atoms with Gasteiger partial charge >= 0.3 is 0 Å². The molecule has 0 fully saturated rings. The van der Waals surface area contributed by atoms with Crippen LogP contribution < -0.4 is 5.73 Å². The third-order valence-electron chi connectivity index (χ3n) is 1.72. The van der Waals surface area contributed by atoms with Gasteiger partial charge in [-0.15, -0.1) is 0 Å². The Hall–Kier alpha value is 0.0700. The smallest absolute Gasteiger partial charge is 0.0462 e. The molecule has 0 rings (SSSR count). The van der Waals surface area contributed by atoms with Gasteiger partial charge in [0.25, 0.3) is 0 Å². The summed E-state index contributed by atoms with van der Waals surface area (Å²) in [6.45, 7) is 3.19. The summed E-state index contributed by atoms with van der Waals surface area (Å²) in [5.41, 5.74) is 5.39. The SMILES string of the molecule is COCCCCS(=O)C(C)CN. The molecular weight excluding hydrogens is 174 g/mol. The van der Waals surface area contributed by atoms with Gasteiger partial charge in [-0.2, -0.15) is 0 Å². The predicted molar refractivity (Wildman–Crippen MR) is 52.6 cm³/mol. The van der Waals surface area contributed by atoms with E-state index in [0.717, 1.165) is 25.2 Å². The van der Waals surface area contributed by atoms with Crippen molar-refractivity contribution in [1.29, 1.82) is 0 Å². The monoisotopic (exact) mass is 193 g/mol. The first-order valence-corrected chi connectivity index (χ1v) is 5.66. The Bertz CT molecular complexity index is 130. The minimum atomic E-state index is -0.749. The highest BCUT2D eigenvalue weighted by Crippen LogP contribution is 1.98. The van der Waals surface area contributed by atoms with Crippen molar-refractivity contribution in [2.24, 2.45) is 5.73 Å². The van der Waals surface area contributed by atoms with Gasteiger partial charge in [-0.3, -0.25) is 4.21 Å². The van der Waals surface area contributed by atoms with Crippen LogP contribution in [0.4, 0.5) is 0 Å². The first kappa shape index (κ1) is 12.1. The Morgan fingerprint density at radius 2 is 2.17 bits per heavy atom. The molecule has 0 aliphatic carbocycles. The normalized spacial score (nSPS) is 15.9. The lowest BCUT2D eigenvalue weighted by molar-refractivity contribution is 0.194. The van der Waals surface area contributed by atoms with Crippen LogP contribution in [-0.4, -0.2) is 35.5 Å². The van der Waals surface area contributed by atoms with Crippen molar-refractivity contribution in [2.75, 3.05) is 26.0 Å². The van der Waals surface area contributed by atoms with Crippen LogP contribution in [0.25, 0.3) is 0 Å². The molecule has 0 aliphatic rings. The van der Waals surface area contributed by atoms with Gasteiger partial charge in [0.1, 0.15) is 0 Å². The zero-order valence-electron chi connectivity index (χ0n) is 7.91. The molecule has 0 saturated carbocycles. The average Bonchev–Trinajstić information content (AvgIpc) is 2.10. The van der Waals surface area contributed by atoms with Crippen LogP contribution in [0.3, 0.4) is 0 Å². The first-order chi connectivity index (χ1) is 5.72. The van der Waals surface area contributed by atoms with Crippen molar-refractivity contribution < 1.29 is 8.95 Å². The summed E-state index contributed by atoms with van der Waals surface area (Å²) in [6.07, 6.45) is 1.95. The summed E-state index contributed by atoms with van der Waals surface area (Å²) in [5, 5.41) is 0.132. The summed E-state index contributed by atoms with van der Waals surface area (Å²) < 4.78 is 16.2. The number of nitrogens with two attached hydrogens (primary N) is 1. The average molecular weight is 193 g/mol. The summed E-state index contributed by atoms with van der Waals surface area (Å²) in [6, 6.07) is 0. The Morgan fingerprint density at radius 3 is 2.67 bits per heavy atom. The molecule has 0 aromatic rings. The quantitative estimate of drug-likeness (QED) is 0.599. The summed E-state index contributed by atoms with van der Waals surface area (Å²) in [7, 11) is 0.931. The first-order valence-electron chi connectivity index (χ1n) is 4.28. The number of hydrogen-bond acceptors (Lipinski definition) is 3. The minimum absolute atomic E-state index is 0.132. The summed E-state index contributed by atoms with van der Waals surface area (Å²) in [4.78, 5) is 0. The molecule has 74 valence electrons. The Kier molecular flexibility index (Phi) is 7.75. The van der Waals surface area contributed by atoms with Gasteiger partial charge in [-0.1, -0.05) is 0 Å². The molecule has 12 heavy (non-hydrogen) atoms. The highest BCUT2D eigenvalue weighted by Gasteiger charge is 2.07. The third-order valence-corrected chi connectivity index (χ3v) is 3.51. The van der Waals surface area contributed by atoms with E-state index in [1.165, 1.54) is 0 Å². The standard InChI is InChI=1S/C8H19NO2S/c1-8(7-9)12(10)6-4-3-5-11-2/h8H,3-7,9H2,1-2H3. The number of ether oxygens (including phenoxy) is 1. The predicted octanol–water partition coefficient (Wildman–Crippen LogP) is 0.509. The summed E-state index contributed by atoms with van der Waals surface area (Å²) >= 11 is 0. The Morgan fingerprint density at radius 1 is 1.50 bits per heavy atom. The van der Waals surface area contributed by atoms with Gasteiger partial charge in [0.05, 0.1) is 0 Å². The van der Waals surface area contributed by atoms with Crippen LogP contribution in [0.1, 0.15) is 19.8 Å². The van der Waals surface area contributed by atoms with Crippen molar-refractivity contribution in [3.63, 3.8) is 0 Å². The molecular formula is C8H19NO2S. The van der Waals surface area contributed by atoms with Crippen LogP contribution >= 0.6 is 0 Å². The molecule has 0 aromatic carbocycles. The molecule has 0 saturated heterocycles. The molecule has 3 nitrogen and oxygen atoms in total. The lowest BCUT2D eigenvalue weighted by Gasteiger charge is -2.07. The fourth-order valence-electron chi connectivity index (χ4n) is 0.799. The van der Waals surface area contributed by atoms with Gasteiger partial charge in [-0.05, 0) is 19.8 Å². The fourth-order valence-corrected chi connectivity index (χ4v) is 1.90. The van der Waals surface area contributed by atoms with E-state index in [-0.39, 0.29) is 5.25 Å². The van der Waals surface area contributed by atoms with E-state index >= 15 is 0 Å². The maximum atomic E-state index is 11.3. The maximum absolute atomic E-state index is 11.3. The molecule has 2 N–H and O–H groups in total. The molecule has 0 spiro atoms. The number of unbranched alkanes of at least 4 members (excludes halogenated alkanes) is 1. The maximum Gasteiger partial charge on any atom is 0.0462 e. The van der Waals surface area contributed by atoms with Gasteiger partial charge in [-0.25, -0.2) is 0 Å². The summed E-state index contributed by atoms with van der Waals surface area (Å²) in [5.74, 6) is 0.752. The Balaban J connectivity index is 3.31. The van der Waals surface area contributed by atoms with Crippen molar-refractivity contribution in [3.8, 4) is 0 Å². The van der Waals surface area contributed by atoms with Crippen LogP contribution in [0.5, 0.6) is 0 Å². The number of hydrogen-bond donors (Lipinski definition) is 1. The van der Waals surface area contributed by atoms with Crippen LogP contribution in [0, 0.1) is 0 Å². The number of methoxy groups -OCH3 is 1. The molecule has 4 heteroatoms. The van der Waals surface area contributed by atoms with Crippen LogP contribution in [-0.2, 0) is 15.5 Å². The van der Waals surface area contributed by atoms with Crippen molar-refractivity contribution in [3.05, 3.63) is 0 Å². The largest absolute Gasteiger partial charge is 0.385 e. The van der Waals surface area contributed by atoms with E-state index in [4.69, 9.17) is 10.5 Å². The lowest BCUT2D eigenvalue weighted by Crippen LogP contribution is -2.23. The molecule has 2 atom stereocenters. The highest BCUT2D eigenvalue weighted by molar-refractivity contribution is 7.85. The molecule has 0 aliphatic heterocycles. The molecule has 0 bridgehead atoms.